The Morgan fingerprint density at radius 3 is 2.87 bits per heavy atom. The number of nitrogens with one attached hydrogen (secondary N) is 1. The van der Waals surface area contributed by atoms with Crippen molar-refractivity contribution < 1.29 is 4.79 Å². The van der Waals surface area contributed by atoms with Crippen molar-refractivity contribution in [3.05, 3.63) is 0 Å². The number of amides is 1. The van der Waals surface area contributed by atoms with Gasteiger partial charge in [0, 0.05) is 12.6 Å². The van der Waals surface area contributed by atoms with Crippen molar-refractivity contribution in [3.63, 3.8) is 0 Å². The molecule has 3 heteroatoms. The molecular formula is C12H22N2O. The van der Waals surface area contributed by atoms with E-state index in [9.17, 15) is 4.79 Å². The van der Waals surface area contributed by atoms with E-state index in [4.69, 9.17) is 0 Å². The Kier molecular flexibility index (Phi) is 3.62. The van der Waals surface area contributed by atoms with Gasteiger partial charge in [-0.05, 0) is 45.1 Å². The van der Waals surface area contributed by atoms with E-state index in [1.165, 1.54) is 19.3 Å². The Hall–Kier alpha value is -0.570. The van der Waals surface area contributed by atoms with Gasteiger partial charge in [0.2, 0.25) is 5.91 Å². The highest BCUT2D eigenvalue weighted by Gasteiger charge is 2.31. The number of rotatable bonds is 2. The molecule has 1 amide bonds. The quantitative estimate of drug-likeness (QED) is 0.749. The normalized spacial score (nSPS) is 31.9. The Bertz CT molecular complexity index is 224. The van der Waals surface area contributed by atoms with Crippen LogP contribution in [0.1, 0.15) is 45.4 Å². The first-order valence-corrected chi connectivity index (χ1v) is 6.36. The fourth-order valence-corrected chi connectivity index (χ4v) is 2.81. The Balaban J connectivity index is 1.96. The van der Waals surface area contributed by atoms with E-state index in [1.54, 1.807) is 0 Å². The van der Waals surface area contributed by atoms with Gasteiger partial charge in [-0.15, -0.1) is 0 Å². The molecule has 2 saturated heterocycles. The molecule has 0 spiro atoms. The molecule has 2 aliphatic heterocycles. The molecule has 0 radical (unpaired) electrons. The number of hydrogen-bond donors (Lipinski definition) is 1. The standard InChI is InChI=1S/C12H22N2O/c1-2-10-6-3-4-9-14(10)12(15)11-7-5-8-13-11/h10-11,13H,2-9H2,1H3/t10?,11-/m1/s1. The predicted molar refractivity (Wildman–Crippen MR) is 60.7 cm³/mol. The fraction of sp³-hybridized carbons (Fsp3) is 0.917. The van der Waals surface area contributed by atoms with E-state index < -0.39 is 0 Å². The van der Waals surface area contributed by atoms with Crippen molar-refractivity contribution in [2.24, 2.45) is 0 Å². The summed E-state index contributed by atoms with van der Waals surface area (Å²) >= 11 is 0. The molecule has 2 fully saturated rings. The third-order valence-corrected chi connectivity index (χ3v) is 3.74. The molecule has 0 aromatic rings. The third-order valence-electron chi connectivity index (χ3n) is 3.74. The SMILES string of the molecule is CCC1CCCCN1C(=O)[C@H]1CCCN1. The molecule has 2 heterocycles. The topological polar surface area (TPSA) is 32.3 Å². The van der Waals surface area contributed by atoms with E-state index in [2.05, 4.69) is 17.1 Å². The van der Waals surface area contributed by atoms with E-state index in [-0.39, 0.29) is 6.04 Å². The van der Waals surface area contributed by atoms with Crippen molar-refractivity contribution in [2.45, 2.75) is 57.5 Å². The summed E-state index contributed by atoms with van der Waals surface area (Å²) in [5.74, 6) is 0.360. The Morgan fingerprint density at radius 1 is 1.33 bits per heavy atom. The maximum Gasteiger partial charge on any atom is 0.239 e. The van der Waals surface area contributed by atoms with Gasteiger partial charge in [-0.3, -0.25) is 4.79 Å². The predicted octanol–water partition coefficient (Wildman–Crippen LogP) is 1.53. The van der Waals surface area contributed by atoms with Gasteiger partial charge in [-0.2, -0.15) is 0 Å². The lowest BCUT2D eigenvalue weighted by Crippen LogP contribution is -2.50. The van der Waals surface area contributed by atoms with Crippen molar-refractivity contribution in [1.82, 2.24) is 10.2 Å². The zero-order valence-corrected chi connectivity index (χ0v) is 9.67. The van der Waals surface area contributed by atoms with Gasteiger partial charge in [-0.1, -0.05) is 6.92 Å². The molecule has 15 heavy (non-hydrogen) atoms. The highest BCUT2D eigenvalue weighted by molar-refractivity contribution is 5.82. The van der Waals surface area contributed by atoms with Crippen LogP contribution in [0.5, 0.6) is 0 Å². The van der Waals surface area contributed by atoms with Gasteiger partial charge in [-0.25, -0.2) is 0 Å². The third kappa shape index (κ3) is 2.33. The zero-order chi connectivity index (χ0) is 10.7. The van der Waals surface area contributed by atoms with Crippen LogP contribution in [0.4, 0.5) is 0 Å². The molecule has 1 unspecified atom stereocenters. The van der Waals surface area contributed by atoms with E-state index >= 15 is 0 Å². The van der Waals surface area contributed by atoms with Crippen LogP contribution in [-0.4, -0.2) is 36.0 Å². The lowest BCUT2D eigenvalue weighted by Gasteiger charge is -2.36. The second kappa shape index (κ2) is 4.97. The lowest BCUT2D eigenvalue weighted by molar-refractivity contribution is -0.136. The average molecular weight is 210 g/mol. The van der Waals surface area contributed by atoms with Crippen LogP contribution in [0.3, 0.4) is 0 Å². The van der Waals surface area contributed by atoms with Gasteiger partial charge < -0.3 is 10.2 Å². The summed E-state index contributed by atoms with van der Waals surface area (Å²) < 4.78 is 0. The largest absolute Gasteiger partial charge is 0.338 e. The van der Waals surface area contributed by atoms with E-state index in [1.807, 2.05) is 0 Å². The molecule has 86 valence electrons. The summed E-state index contributed by atoms with van der Waals surface area (Å²) in [5, 5.41) is 3.31. The monoisotopic (exact) mass is 210 g/mol. The molecule has 2 atom stereocenters. The van der Waals surface area contributed by atoms with Crippen LogP contribution in [0.25, 0.3) is 0 Å². The number of carbonyl (C=O) groups is 1. The molecule has 2 aliphatic rings. The average Bonchev–Trinajstić information content (AvgIpc) is 2.81. The summed E-state index contributed by atoms with van der Waals surface area (Å²) in [4.78, 5) is 14.4. The van der Waals surface area contributed by atoms with Crippen molar-refractivity contribution >= 4 is 5.91 Å². The molecule has 0 saturated carbocycles. The molecule has 2 rings (SSSR count). The molecule has 0 bridgehead atoms. The van der Waals surface area contributed by atoms with Gasteiger partial charge in [0.05, 0.1) is 6.04 Å². The minimum Gasteiger partial charge on any atom is -0.338 e. The van der Waals surface area contributed by atoms with Gasteiger partial charge in [0.25, 0.3) is 0 Å². The number of nitrogens with zero attached hydrogens (tertiary/aromatic N) is 1. The minimum absolute atomic E-state index is 0.122. The molecule has 0 aromatic carbocycles. The highest BCUT2D eigenvalue weighted by atomic mass is 16.2. The zero-order valence-electron chi connectivity index (χ0n) is 9.67. The molecule has 3 nitrogen and oxygen atoms in total. The second-order valence-corrected chi connectivity index (χ2v) is 4.74. The van der Waals surface area contributed by atoms with E-state index in [0.717, 1.165) is 32.4 Å². The molecule has 0 aromatic heterocycles. The maximum absolute atomic E-state index is 12.2. The van der Waals surface area contributed by atoms with Crippen LogP contribution >= 0.6 is 0 Å². The fourth-order valence-electron chi connectivity index (χ4n) is 2.81. The number of carbonyl (C=O) groups excluding carboxylic acids is 1. The smallest absolute Gasteiger partial charge is 0.239 e. The first-order valence-electron chi connectivity index (χ1n) is 6.36. The van der Waals surface area contributed by atoms with Gasteiger partial charge in [0.1, 0.15) is 0 Å². The summed E-state index contributed by atoms with van der Waals surface area (Å²) in [6.07, 6.45) is 6.98. The summed E-state index contributed by atoms with van der Waals surface area (Å²) in [5.41, 5.74) is 0. The van der Waals surface area contributed by atoms with Crippen molar-refractivity contribution in [3.8, 4) is 0 Å². The first-order chi connectivity index (χ1) is 7.33. The van der Waals surface area contributed by atoms with Gasteiger partial charge in [0.15, 0.2) is 0 Å². The molecule has 0 aliphatic carbocycles. The summed E-state index contributed by atoms with van der Waals surface area (Å²) in [6.45, 7) is 4.19. The van der Waals surface area contributed by atoms with Crippen molar-refractivity contribution in [1.29, 1.82) is 0 Å². The maximum atomic E-state index is 12.2. The first kappa shape index (κ1) is 10.9. The van der Waals surface area contributed by atoms with Crippen LogP contribution in [0.2, 0.25) is 0 Å². The molecule has 1 N–H and O–H groups in total. The van der Waals surface area contributed by atoms with Crippen LogP contribution in [0, 0.1) is 0 Å². The summed E-state index contributed by atoms with van der Waals surface area (Å²) in [7, 11) is 0. The second-order valence-electron chi connectivity index (χ2n) is 4.74. The minimum atomic E-state index is 0.122. The van der Waals surface area contributed by atoms with Crippen molar-refractivity contribution in [2.75, 3.05) is 13.1 Å². The molecular weight excluding hydrogens is 188 g/mol. The Morgan fingerprint density at radius 2 is 2.20 bits per heavy atom. The van der Waals surface area contributed by atoms with Crippen LogP contribution in [0.15, 0.2) is 0 Å². The van der Waals surface area contributed by atoms with Gasteiger partial charge >= 0.3 is 0 Å². The number of likely N-dealkylation sites (tertiary alicyclic amines) is 1. The number of hydrogen-bond acceptors (Lipinski definition) is 2. The number of piperidine rings is 1. The Labute approximate surface area is 92.2 Å². The lowest BCUT2D eigenvalue weighted by atomic mass is 9.99. The highest BCUT2D eigenvalue weighted by Crippen LogP contribution is 2.21. The van der Waals surface area contributed by atoms with E-state index in [0.29, 0.717) is 11.9 Å². The van der Waals surface area contributed by atoms with Crippen LogP contribution in [-0.2, 0) is 4.79 Å². The summed E-state index contributed by atoms with van der Waals surface area (Å²) in [6, 6.07) is 0.630. The van der Waals surface area contributed by atoms with Crippen LogP contribution < -0.4 is 5.32 Å².